The van der Waals surface area contributed by atoms with Crippen molar-refractivity contribution in [2.45, 2.75) is 38.7 Å². The van der Waals surface area contributed by atoms with Crippen LogP contribution in [0, 0.1) is 6.92 Å². The van der Waals surface area contributed by atoms with Gasteiger partial charge in [-0.25, -0.2) is 4.98 Å². The Kier molecular flexibility index (Phi) is 4.09. The standard InChI is InChI=1S/C13H18N2O2/c1-10-4-6-12(14-9-10)15-13(16)7-5-11-3-2-8-17-11/h4,6,9,11H,2-3,5,7-8H2,1H3,(H,14,15,16). The van der Waals surface area contributed by atoms with E-state index >= 15 is 0 Å². The molecule has 1 aliphatic rings. The van der Waals surface area contributed by atoms with Crippen LogP contribution >= 0.6 is 0 Å². The first-order valence-corrected chi connectivity index (χ1v) is 6.08. The van der Waals surface area contributed by atoms with Crippen LogP contribution in [0.2, 0.25) is 0 Å². The molecule has 1 fully saturated rings. The second-order valence-corrected chi connectivity index (χ2v) is 4.44. The third kappa shape index (κ3) is 3.82. The first kappa shape index (κ1) is 12.0. The molecular weight excluding hydrogens is 216 g/mol. The lowest BCUT2D eigenvalue weighted by Crippen LogP contribution is -2.15. The molecule has 1 amide bonds. The number of pyridine rings is 1. The van der Waals surface area contributed by atoms with Gasteiger partial charge in [-0.2, -0.15) is 0 Å². The third-order valence-corrected chi connectivity index (χ3v) is 2.90. The lowest BCUT2D eigenvalue weighted by Gasteiger charge is -2.09. The molecule has 2 heterocycles. The van der Waals surface area contributed by atoms with E-state index in [2.05, 4.69) is 10.3 Å². The summed E-state index contributed by atoms with van der Waals surface area (Å²) < 4.78 is 5.47. The van der Waals surface area contributed by atoms with Crippen molar-refractivity contribution < 1.29 is 9.53 Å². The number of nitrogens with zero attached hydrogens (tertiary/aromatic N) is 1. The number of carbonyl (C=O) groups excluding carboxylic acids is 1. The van der Waals surface area contributed by atoms with Crippen LogP contribution in [-0.2, 0) is 9.53 Å². The highest BCUT2D eigenvalue weighted by atomic mass is 16.5. The van der Waals surface area contributed by atoms with Crippen molar-refractivity contribution in [3.05, 3.63) is 23.9 Å². The van der Waals surface area contributed by atoms with Gasteiger partial charge in [-0.05, 0) is 37.8 Å². The van der Waals surface area contributed by atoms with Crippen LogP contribution in [0.25, 0.3) is 0 Å². The highest BCUT2D eigenvalue weighted by Gasteiger charge is 2.16. The van der Waals surface area contributed by atoms with E-state index in [0.717, 1.165) is 31.4 Å². The third-order valence-electron chi connectivity index (χ3n) is 2.90. The van der Waals surface area contributed by atoms with Gasteiger partial charge in [-0.3, -0.25) is 4.79 Å². The molecule has 92 valence electrons. The van der Waals surface area contributed by atoms with Crippen molar-refractivity contribution in [3.63, 3.8) is 0 Å². The summed E-state index contributed by atoms with van der Waals surface area (Å²) in [7, 11) is 0. The van der Waals surface area contributed by atoms with Gasteiger partial charge >= 0.3 is 0 Å². The predicted octanol–water partition coefficient (Wildman–Crippen LogP) is 2.29. The molecule has 1 N–H and O–H groups in total. The topological polar surface area (TPSA) is 51.2 Å². The molecule has 2 rings (SSSR count). The maximum absolute atomic E-state index is 11.6. The zero-order chi connectivity index (χ0) is 12.1. The van der Waals surface area contributed by atoms with Crippen molar-refractivity contribution >= 4 is 11.7 Å². The van der Waals surface area contributed by atoms with E-state index in [1.165, 1.54) is 0 Å². The number of hydrogen-bond donors (Lipinski definition) is 1. The number of ether oxygens (including phenoxy) is 1. The lowest BCUT2D eigenvalue weighted by atomic mass is 10.1. The van der Waals surface area contributed by atoms with E-state index in [1.54, 1.807) is 6.20 Å². The first-order chi connectivity index (χ1) is 8.24. The number of hydrogen-bond acceptors (Lipinski definition) is 3. The van der Waals surface area contributed by atoms with Crippen LogP contribution in [0.1, 0.15) is 31.2 Å². The van der Waals surface area contributed by atoms with E-state index in [9.17, 15) is 4.79 Å². The first-order valence-electron chi connectivity index (χ1n) is 6.08. The SMILES string of the molecule is Cc1ccc(NC(=O)CCC2CCCO2)nc1. The Balaban J connectivity index is 1.74. The van der Waals surface area contributed by atoms with E-state index < -0.39 is 0 Å². The van der Waals surface area contributed by atoms with Gasteiger partial charge in [0.25, 0.3) is 0 Å². The average molecular weight is 234 g/mol. The monoisotopic (exact) mass is 234 g/mol. The van der Waals surface area contributed by atoms with E-state index in [1.807, 2.05) is 19.1 Å². The maximum Gasteiger partial charge on any atom is 0.225 e. The van der Waals surface area contributed by atoms with Gasteiger partial charge in [0, 0.05) is 19.2 Å². The minimum Gasteiger partial charge on any atom is -0.378 e. The van der Waals surface area contributed by atoms with Crippen LogP contribution in [0.4, 0.5) is 5.82 Å². The fourth-order valence-corrected chi connectivity index (χ4v) is 1.91. The second-order valence-electron chi connectivity index (χ2n) is 4.44. The molecule has 1 atom stereocenters. The lowest BCUT2D eigenvalue weighted by molar-refractivity contribution is -0.116. The van der Waals surface area contributed by atoms with Crippen LogP contribution in [-0.4, -0.2) is 23.6 Å². The van der Waals surface area contributed by atoms with E-state index in [0.29, 0.717) is 12.2 Å². The number of aryl methyl sites for hydroxylation is 1. The molecular formula is C13H18N2O2. The number of anilines is 1. The Hall–Kier alpha value is -1.42. The molecule has 4 nitrogen and oxygen atoms in total. The summed E-state index contributed by atoms with van der Waals surface area (Å²) in [5, 5.41) is 2.79. The number of rotatable bonds is 4. The van der Waals surface area contributed by atoms with Gasteiger partial charge in [0.1, 0.15) is 5.82 Å². The van der Waals surface area contributed by atoms with Crippen molar-refractivity contribution in [3.8, 4) is 0 Å². The fraction of sp³-hybridized carbons (Fsp3) is 0.538. The number of nitrogens with one attached hydrogen (secondary N) is 1. The highest BCUT2D eigenvalue weighted by molar-refractivity contribution is 5.89. The smallest absolute Gasteiger partial charge is 0.225 e. The van der Waals surface area contributed by atoms with Gasteiger partial charge in [-0.15, -0.1) is 0 Å². The molecule has 0 bridgehead atoms. The summed E-state index contributed by atoms with van der Waals surface area (Å²) in [5.41, 5.74) is 1.09. The Morgan fingerprint density at radius 1 is 1.59 bits per heavy atom. The van der Waals surface area contributed by atoms with Crippen LogP contribution in [0.15, 0.2) is 18.3 Å². The quantitative estimate of drug-likeness (QED) is 0.869. The van der Waals surface area contributed by atoms with E-state index in [4.69, 9.17) is 4.74 Å². The van der Waals surface area contributed by atoms with Crippen molar-refractivity contribution in [1.29, 1.82) is 0 Å². The number of aromatic nitrogens is 1. The molecule has 1 aliphatic heterocycles. The van der Waals surface area contributed by atoms with Crippen molar-refractivity contribution in [2.24, 2.45) is 0 Å². The average Bonchev–Trinajstić information content (AvgIpc) is 2.83. The maximum atomic E-state index is 11.6. The predicted molar refractivity (Wildman–Crippen MR) is 65.8 cm³/mol. The summed E-state index contributed by atoms with van der Waals surface area (Å²) in [5.74, 6) is 0.629. The zero-order valence-corrected chi connectivity index (χ0v) is 10.1. The van der Waals surface area contributed by atoms with Crippen molar-refractivity contribution in [2.75, 3.05) is 11.9 Å². The van der Waals surface area contributed by atoms with Crippen molar-refractivity contribution in [1.82, 2.24) is 4.98 Å². The molecule has 0 saturated carbocycles. The molecule has 0 spiro atoms. The Morgan fingerprint density at radius 3 is 3.12 bits per heavy atom. The molecule has 0 aliphatic carbocycles. The Bertz CT molecular complexity index is 370. The molecule has 1 aromatic rings. The van der Waals surface area contributed by atoms with E-state index in [-0.39, 0.29) is 12.0 Å². The highest BCUT2D eigenvalue weighted by Crippen LogP contribution is 2.17. The van der Waals surface area contributed by atoms with Gasteiger partial charge in [-0.1, -0.05) is 6.07 Å². The normalized spacial score (nSPS) is 19.2. The summed E-state index contributed by atoms with van der Waals surface area (Å²) in [6, 6.07) is 3.75. The largest absolute Gasteiger partial charge is 0.378 e. The molecule has 1 aromatic heterocycles. The summed E-state index contributed by atoms with van der Waals surface area (Å²) in [6.07, 6.45) is 5.52. The summed E-state index contributed by atoms with van der Waals surface area (Å²) in [4.78, 5) is 15.8. The van der Waals surface area contributed by atoms with Crippen LogP contribution < -0.4 is 5.32 Å². The second kappa shape index (κ2) is 5.77. The minimum absolute atomic E-state index is 0.0110. The van der Waals surface area contributed by atoms with Crippen LogP contribution in [0.3, 0.4) is 0 Å². The number of amides is 1. The van der Waals surface area contributed by atoms with Gasteiger partial charge in [0.05, 0.1) is 6.10 Å². The molecule has 0 aromatic carbocycles. The van der Waals surface area contributed by atoms with Gasteiger partial charge < -0.3 is 10.1 Å². The van der Waals surface area contributed by atoms with Gasteiger partial charge in [0.15, 0.2) is 0 Å². The molecule has 0 radical (unpaired) electrons. The molecule has 17 heavy (non-hydrogen) atoms. The fourth-order valence-electron chi connectivity index (χ4n) is 1.91. The molecule has 1 saturated heterocycles. The summed E-state index contributed by atoms with van der Waals surface area (Å²) >= 11 is 0. The Morgan fingerprint density at radius 2 is 2.47 bits per heavy atom. The van der Waals surface area contributed by atoms with Gasteiger partial charge in [0.2, 0.25) is 5.91 Å². The minimum atomic E-state index is 0.0110. The van der Waals surface area contributed by atoms with Crippen LogP contribution in [0.5, 0.6) is 0 Å². The Labute approximate surface area is 101 Å². The number of carbonyl (C=O) groups is 1. The zero-order valence-electron chi connectivity index (χ0n) is 10.1. The molecule has 1 unspecified atom stereocenters. The summed E-state index contributed by atoms with van der Waals surface area (Å²) in [6.45, 7) is 2.81. The molecule has 4 heteroatoms.